The molecule has 0 aliphatic carbocycles. The molecule has 2 aromatic carbocycles. The molecule has 7 nitrogen and oxygen atoms in total. The molecule has 0 unspecified atom stereocenters. The molecule has 0 bridgehead atoms. The number of hydrogen-bond acceptors (Lipinski definition) is 5. The molecule has 0 radical (unpaired) electrons. The average molecular weight is 283 g/mol. The van der Waals surface area contributed by atoms with Crippen molar-refractivity contribution in [3.05, 3.63) is 63.7 Å². The van der Waals surface area contributed by atoms with Crippen molar-refractivity contribution in [2.24, 2.45) is 0 Å². The molecule has 0 amide bonds. The summed E-state index contributed by atoms with van der Waals surface area (Å²) in [5.74, 6) is -1.27. The molecule has 7 heteroatoms. The predicted molar refractivity (Wildman–Crippen MR) is 74.5 cm³/mol. The minimum atomic E-state index is -1.27. The lowest BCUT2D eigenvalue weighted by molar-refractivity contribution is -0.383. The maximum Gasteiger partial charge on any atom is 0.338 e. The van der Waals surface area contributed by atoms with Gasteiger partial charge in [0, 0.05) is 11.8 Å². The normalized spacial score (nSPS) is 9.67. The largest absolute Gasteiger partial charge is 0.478 e. The van der Waals surface area contributed by atoms with Gasteiger partial charge < -0.3 is 10.4 Å². The van der Waals surface area contributed by atoms with E-state index in [0.717, 1.165) is 0 Å². The Morgan fingerprint density at radius 3 is 2.43 bits per heavy atom. The van der Waals surface area contributed by atoms with E-state index in [2.05, 4.69) is 5.32 Å². The molecule has 0 fully saturated rings. The summed E-state index contributed by atoms with van der Waals surface area (Å²) in [4.78, 5) is 21.5. The number of nitrogens with zero attached hydrogens (tertiary/aromatic N) is 2. The van der Waals surface area contributed by atoms with Crippen LogP contribution in [-0.4, -0.2) is 16.0 Å². The first kappa shape index (κ1) is 14.0. The van der Waals surface area contributed by atoms with Crippen molar-refractivity contribution >= 4 is 23.0 Å². The number of carbonyl (C=O) groups is 1. The van der Waals surface area contributed by atoms with Gasteiger partial charge in [0.1, 0.15) is 5.69 Å². The summed E-state index contributed by atoms with van der Waals surface area (Å²) in [6.45, 7) is 0. The number of aromatic carboxylic acids is 1. The number of carboxylic acid groups (broad SMARTS) is 1. The van der Waals surface area contributed by atoms with Gasteiger partial charge in [-0.05, 0) is 30.3 Å². The number of benzene rings is 2. The topological polar surface area (TPSA) is 116 Å². The Bertz CT molecular complexity index is 716. The Labute approximate surface area is 119 Å². The Morgan fingerprint density at radius 1 is 1.24 bits per heavy atom. The van der Waals surface area contributed by atoms with E-state index < -0.39 is 10.9 Å². The fraction of sp³-hybridized carbons (Fsp3) is 0. The maximum absolute atomic E-state index is 11.2. The highest BCUT2D eigenvalue weighted by molar-refractivity contribution is 5.98. The molecule has 0 saturated heterocycles. The minimum absolute atomic E-state index is 0.0975. The Balaban J connectivity index is 2.48. The molecule has 0 atom stereocenters. The van der Waals surface area contributed by atoms with E-state index >= 15 is 0 Å². The van der Waals surface area contributed by atoms with Crippen LogP contribution in [0.4, 0.5) is 17.1 Å². The third-order valence-corrected chi connectivity index (χ3v) is 2.75. The first-order chi connectivity index (χ1) is 10.0. The van der Waals surface area contributed by atoms with Gasteiger partial charge >= 0.3 is 5.97 Å². The van der Waals surface area contributed by atoms with Gasteiger partial charge in [-0.2, -0.15) is 5.26 Å². The number of rotatable bonds is 4. The molecular formula is C14H9N3O4. The molecule has 0 aromatic heterocycles. The lowest BCUT2D eigenvalue weighted by atomic mass is 10.1. The zero-order valence-electron chi connectivity index (χ0n) is 10.6. The van der Waals surface area contributed by atoms with Gasteiger partial charge in [0.15, 0.2) is 0 Å². The fourth-order valence-corrected chi connectivity index (χ4v) is 1.77. The summed E-state index contributed by atoms with van der Waals surface area (Å²) >= 11 is 0. The van der Waals surface area contributed by atoms with Crippen LogP contribution < -0.4 is 5.32 Å². The van der Waals surface area contributed by atoms with Crippen molar-refractivity contribution in [1.82, 2.24) is 0 Å². The van der Waals surface area contributed by atoms with Gasteiger partial charge in [0.2, 0.25) is 0 Å². The summed E-state index contributed by atoms with van der Waals surface area (Å²) in [5, 5.41) is 31.6. The highest BCUT2D eigenvalue weighted by atomic mass is 16.6. The van der Waals surface area contributed by atoms with Crippen molar-refractivity contribution in [1.29, 1.82) is 5.26 Å². The lowest BCUT2D eigenvalue weighted by Gasteiger charge is -2.10. The number of carboxylic acids is 1. The highest BCUT2D eigenvalue weighted by Gasteiger charge is 2.21. The Kier molecular flexibility index (Phi) is 3.81. The summed E-state index contributed by atoms with van der Waals surface area (Å²) in [6.07, 6.45) is 0. The van der Waals surface area contributed by atoms with Gasteiger partial charge in [-0.1, -0.05) is 6.07 Å². The third kappa shape index (κ3) is 2.96. The van der Waals surface area contributed by atoms with Crippen molar-refractivity contribution in [3.63, 3.8) is 0 Å². The molecule has 2 rings (SSSR count). The second kappa shape index (κ2) is 5.71. The van der Waals surface area contributed by atoms with Gasteiger partial charge in [-0.3, -0.25) is 10.1 Å². The summed E-state index contributed by atoms with van der Waals surface area (Å²) in [6, 6.07) is 11.9. The van der Waals surface area contributed by atoms with Crippen molar-refractivity contribution in [3.8, 4) is 6.07 Å². The van der Waals surface area contributed by atoms with Crippen LogP contribution in [0.25, 0.3) is 0 Å². The van der Waals surface area contributed by atoms with Crippen LogP contribution in [0.3, 0.4) is 0 Å². The van der Waals surface area contributed by atoms with E-state index in [0.29, 0.717) is 11.3 Å². The maximum atomic E-state index is 11.2. The van der Waals surface area contributed by atoms with Crippen molar-refractivity contribution < 1.29 is 14.8 Å². The van der Waals surface area contributed by atoms with Gasteiger partial charge in [0.25, 0.3) is 5.69 Å². The van der Waals surface area contributed by atoms with E-state index in [1.807, 2.05) is 6.07 Å². The molecule has 0 aliphatic rings. The van der Waals surface area contributed by atoms with Crippen LogP contribution in [0.15, 0.2) is 42.5 Å². The van der Waals surface area contributed by atoms with Crippen LogP contribution in [0.1, 0.15) is 15.9 Å². The highest BCUT2D eigenvalue weighted by Crippen LogP contribution is 2.31. The minimum Gasteiger partial charge on any atom is -0.478 e. The molecule has 2 aromatic rings. The monoisotopic (exact) mass is 283 g/mol. The van der Waals surface area contributed by atoms with Crippen LogP contribution in [0.5, 0.6) is 0 Å². The standard InChI is InChI=1S/C14H9N3O4/c15-8-9-4-6-10(7-5-9)16-13-11(14(18)19)2-1-3-12(13)17(20)21/h1-7,16H,(H,18,19). The van der Waals surface area contributed by atoms with Gasteiger partial charge in [-0.25, -0.2) is 4.79 Å². The van der Waals surface area contributed by atoms with Crippen LogP contribution >= 0.6 is 0 Å². The number of nitrogens with one attached hydrogen (secondary N) is 1. The van der Waals surface area contributed by atoms with Crippen LogP contribution in [0, 0.1) is 21.4 Å². The number of nitro benzene ring substituents is 1. The second-order valence-electron chi connectivity index (χ2n) is 4.08. The summed E-state index contributed by atoms with van der Waals surface area (Å²) in [7, 11) is 0. The van der Waals surface area contributed by atoms with E-state index in [4.69, 9.17) is 10.4 Å². The molecular weight excluding hydrogens is 274 g/mol. The van der Waals surface area contributed by atoms with E-state index in [1.165, 1.54) is 30.3 Å². The Morgan fingerprint density at radius 2 is 1.90 bits per heavy atom. The van der Waals surface area contributed by atoms with Crippen LogP contribution in [0.2, 0.25) is 0 Å². The third-order valence-electron chi connectivity index (χ3n) is 2.75. The number of nitriles is 1. The smallest absolute Gasteiger partial charge is 0.338 e. The first-order valence-corrected chi connectivity index (χ1v) is 5.81. The number of anilines is 2. The van der Waals surface area contributed by atoms with Crippen molar-refractivity contribution in [2.45, 2.75) is 0 Å². The second-order valence-corrected chi connectivity index (χ2v) is 4.08. The van der Waals surface area contributed by atoms with E-state index in [9.17, 15) is 14.9 Å². The van der Waals surface area contributed by atoms with Crippen LogP contribution in [-0.2, 0) is 0 Å². The molecule has 0 aliphatic heterocycles. The number of hydrogen-bond donors (Lipinski definition) is 2. The zero-order chi connectivity index (χ0) is 15.4. The summed E-state index contributed by atoms with van der Waals surface area (Å²) < 4.78 is 0. The summed E-state index contributed by atoms with van der Waals surface area (Å²) in [5.41, 5.74) is 0.250. The molecule has 0 saturated carbocycles. The number of para-hydroxylation sites is 1. The molecule has 104 valence electrons. The predicted octanol–water partition coefficient (Wildman–Crippen LogP) is 2.91. The first-order valence-electron chi connectivity index (χ1n) is 5.81. The van der Waals surface area contributed by atoms with E-state index in [1.54, 1.807) is 12.1 Å². The van der Waals surface area contributed by atoms with Crippen molar-refractivity contribution in [2.75, 3.05) is 5.32 Å². The zero-order valence-corrected chi connectivity index (χ0v) is 10.6. The lowest BCUT2D eigenvalue weighted by Crippen LogP contribution is -2.05. The number of nitro groups is 1. The fourth-order valence-electron chi connectivity index (χ4n) is 1.77. The SMILES string of the molecule is N#Cc1ccc(Nc2c(C(=O)O)cccc2[N+](=O)[O-])cc1. The van der Waals surface area contributed by atoms with Gasteiger partial charge in [-0.15, -0.1) is 0 Å². The molecule has 2 N–H and O–H groups in total. The Hall–Kier alpha value is -3.40. The average Bonchev–Trinajstić information content (AvgIpc) is 2.47. The van der Waals surface area contributed by atoms with E-state index in [-0.39, 0.29) is 16.9 Å². The molecule has 0 heterocycles. The quantitative estimate of drug-likeness (QED) is 0.658. The molecule has 0 spiro atoms. The molecule has 21 heavy (non-hydrogen) atoms. The van der Waals surface area contributed by atoms with Gasteiger partial charge in [0.05, 0.1) is 22.1 Å².